The summed E-state index contributed by atoms with van der Waals surface area (Å²) in [6, 6.07) is 7.16. The second-order valence-electron chi connectivity index (χ2n) is 4.41. The predicted octanol–water partition coefficient (Wildman–Crippen LogP) is 2.49. The van der Waals surface area contributed by atoms with E-state index >= 15 is 0 Å². The lowest BCUT2D eigenvalue weighted by Gasteiger charge is -2.06. The molecule has 0 aliphatic heterocycles. The molecule has 110 valence electrons. The Morgan fingerprint density at radius 2 is 1.86 bits per heavy atom. The number of hydrogen-bond acceptors (Lipinski definition) is 6. The summed E-state index contributed by atoms with van der Waals surface area (Å²) in [5.74, 6) is 0.752. The van der Waals surface area contributed by atoms with E-state index in [4.69, 9.17) is 4.74 Å². The Hall–Kier alpha value is -2.48. The van der Waals surface area contributed by atoms with E-state index in [-0.39, 0.29) is 10.7 Å². The Bertz CT molecular complexity index is 785. The minimum absolute atomic E-state index is 0.00731. The Morgan fingerprint density at radius 1 is 1.19 bits per heavy atom. The van der Waals surface area contributed by atoms with Crippen LogP contribution in [0.25, 0.3) is 0 Å². The first kappa shape index (κ1) is 14.9. The van der Waals surface area contributed by atoms with Crippen LogP contribution in [-0.4, -0.2) is 24.6 Å². The van der Waals surface area contributed by atoms with Crippen molar-refractivity contribution in [2.24, 2.45) is 0 Å². The fourth-order valence-electron chi connectivity index (χ4n) is 1.68. The van der Waals surface area contributed by atoms with E-state index in [0.717, 1.165) is 6.26 Å². The maximum Gasteiger partial charge on any atom is 0.272 e. The van der Waals surface area contributed by atoms with Crippen LogP contribution in [0.5, 0.6) is 11.5 Å². The van der Waals surface area contributed by atoms with Crippen molar-refractivity contribution in [3.05, 3.63) is 52.2 Å². The van der Waals surface area contributed by atoms with Crippen molar-refractivity contribution in [3.63, 3.8) is 0 Å². The van der Waals surface area contributed by atoms with Crippen molar-refractivity contribution >= 4 is 15.5 Å². The number of sulfone groups is 1. The quantitative estimate of drug-likeness (QED) is 0.635. The van der Waals surface area contributed by atoms with Crippen LogP contribution in [0, 0.1) is 17.0 Å². The molecule has 0 unspecified atom stereocenters. The summed E-state index contributed by atoms with van der Waals surface area (Å²) < 4.78 is 28.0. The van der Waals surface area contributed by atoms with Gasteiger partial charge in [0.15, 0.2) is 14.9 Å². The van der Waals surface area contributed by atoms with Gasteiger partial charge in [-0.05, 0) is 31.2 Å². The van der Waals surface area contributed by atoms with Crippen LogP contribution >= 0.6 is 0 Å². The lowest BCUT2D eigenvalue weighted by atomic mass is 10.2. The van der Waals surface area contributed by atoms with Crippen LogP contribution in [0.1, 0.15) is 5.56 Å². The van der Waals surface area contributed by atoms with Gasteiger partial charge in [-0.15, -0.1) is 0 Å². The molecule has 1 aromatic heterocycles. The lowest BCUT2D eigenvalue weighted by molar-refractivity contribution is -0.385. The molecule has 21 heavy (non-hydrogen) atoms. The minimum Gasteiger partial charge on any atom is -0.456 e. The number of ether oxygens (including phenoxy) is 1. The highest BCUT2D eigenvalue weighted by Gasteiger charge is 2.12. The average Bonchev–Trinajstić information content (AvgIpc) is 2.38. The largest absolute Gasteiger partial charge is 0.456 e. The van der Waals surface area contributed by atoms with Crippen molar-refractivity contribution in [2.45, 2.75) is 11.9 Å². The molecule has 0 saturated heterocycles. The molecule has 1 aromatic carbocycles. The first-order valence-corrected chi connectivity index (χ1v) is 7.75. The van der Waals surface area contributed by atoms with Gasteiger partial charge in [-0.25, -0.2) is 13.4 Å². The van der Waals surface area contributed by atoms with Gasteiger partial charge in [0.2, 0.25) is 0 Å². The average molecular weight is 308 g/mol. The van der Waals surface area contributed by atoms with E-state index in [0.29, 0.717) is 17.1 Å². The molecule has 2 rings (SSSR count). The SMILES string of the molecule is Cc1cc(Oc2ccc(S(C)(=O)=O)nc2)ccc1[N+](=O)[O-]. The van der Waals surface area contributed by atoms with Crippen LogP contribution in [0.2, 0.25) is 0 Å². The van der Waals surface area contributed by atoms with Crippen LogP contribution in [0.4, 0.5) is 5.69 Å². The molecular formula is C13H12N2O5S. The lowest BCUT2D eigenvalue weighted by Crippen LogP contribution is -2.00. The molecule has 0 fully saturated rings. The molecule has 2 aromatic rings. The van der Waals surface area contributed by atoms with Gasteiger partial charge in [0.05, 0.1) is 11.1 Å². The fourth-order valence-corrected chi connectivity index (χ4v) is 2.24. The van der Waals surface area contributed by atoms with Crippen molar-refractivity contribution in [1.82, 2.24) is 4.98 Å². The summed E-state index contributed by atoms with van der Waals surface area (Å²) in [7, 11) is -3.36. The van der Waals surface area contributed by atoms with E-state index in [1.165, 1.54) is 36.5 Å². The van der Waals surface area contributed by atoms with E-state index < -0.39 is 14.8 Å². The minimum atomic E-state index is -3.36. The Labute approximate surface area is 121 Å². The number of benzene rings is 1. The number of hydrogen-bond donors (Lipinski definition) is 0. The fraction of sp³-hybridized carbons (Fsp3) is 0.154. The maximum atomic E-state index is 11.3. The molecule has 0 N–H and O–H groups in total. The summed E-state index contributed by atoms with van der Waals surface area (Å²) >= 11 is 0. The van der Waals surface area contributed by atoms with Crippen LogP contribution in [-0.2, 0) is 9.84 Å². The standard InChI is InChI=1S/C13H12N2O5S/c1-9-7-10(3-5-12(9)15(16)17)20-11-4-6-13(14-8-11)21(2,18)19/h3-8H,1-2H3. The summed E-state index contributed by atoms with van der Waals surface area (Å²) in [6.45, 7) is 1.61. The molecule has 0 spiro atoms. The third-order valence-electron chi connectivity index (χ3n) is 2.69. The van der Waals surface area contributed by atoms with E-state index in [2.05, 4.69) is 4.98 Å². The molecule has 8 heteroatoms. The molecule has 0 atom stereocenters. The van der Waals surface area contributed by atoms with Crippen LogP contribution in [0.15, 0.2) is 41.6 Å². The third kappa shape index (κ3) is 3.54. The van der Waals surface area contributed by atoms with E-state index in [1.54, 1.807) is 6.92 Å². The Balaban J connectivity index is 2.23. The van der Waals surface area contributed by atoms with Crippen LogP contribution in [0.3, 0.4) is 0 Å². The molecule has 0 aliphatic carbocycles. The summed E-state index contributed by atoms with van der Waals surface area (Å²) in [4.78, 5) is 14.0. The van der Waals surface area contributed by atoms with E-state index in [9.17, 15) is 18.5 Å². The number of nitrogens with zero attached hydrogens (tertiary/aromatic N) is 2. The maximum absolute atomic E-state index is 11.3. The zero-order valence-electron chi connectivity index (χ0n) is 11.3. The number of nitro benzene ring substituents is 1. The molecule has 0 bridgehead atoms. The van der Waals surface area contributed by atoms with Gasteiger partial charge in [0.25, 0.3) is 5.69 Å². The zero-order chi connectivity index (χ0) is 15.6. The van der Waals surface area contributed by atoms with Gasteiger partial charge in [0, 0.05) is 17.9 Å². The highest BCUT2D eigenvalue weighted by molar-refractivity contribution is 7.90. The number of aryl methyl sites for hydroxylation is 1. The molecule has 0 amide bonds. The molecular weight excluding hydrogens is 296 g/mol. The first-order chi connectivity index (χ1) is 9.77. The predicted molar refractivity (Wildman–Crippen MR) is 75.3 cm³/mol. The number of rotatable bonds is 4. The summed E-state index contributed by atoms with van der Waals surface area (Å²) in [5.41, 5.74) is 0.478. The number of pyridine rings is 1. The summed E-state index contributed by atoms with van der Waals surface area (Å²) in [6.07, 6.45) is 2.35. The molecule has 1 heterocycles. The monoisotopic (exact) mass is 308 g/mol. The normalized spacial score (nSPS) is 11.1. The highest BCUT2D eigenvalue weighted by Crippen LogP contribution is 2.27. The zero-order valence-corrected chi connectivity index (χ0v) is 12.1. The van der Waals surface area contributed by atoms with Gasteiger partial charge in [0.1, 0.15) is 11.5 Å². The third-order valence-corrected chi connectivity index (χ3v) is 3.69. The molecule has 0 radical (unpaired) electrons. The first-order valence-electron chi connectivity index (χ1n) is 5.86. The number of nitro groups is 1. The smallest absolute Gasteiger partial charge is 0.272 e. The van der Waals surface area contributed by atoms with E-state index in [1.807, 2.05) is 0 Å². The van der Waals surface area contributed by atoms with Gasteiger partial charge in [-0.2, -0.15) is 0 Å². The van der Waals surface area contributed by atoms with Gasteiger partial charge in [-0.1, -0.05) is 0 Å². The molecule has 0 saturated carbocycles. The highest BCUT2D eigenvalue weighted by atomic mass is 32.2. The molecule has 7 nitrogen and oxygen atoms in total. The van der Waals surface area contributed by atoms with Gasteiger partial charge >= 0.3 is 0 Å². The second-order valence-corrected chi connectivity index (χ2v) is 6.37. The van der Waals surface area contributed by atoms with Crippen molar-refractivity contribution in [3.8, 4) is 11.5 Å². The Morgan fingerprint density at radius 3 is 2.33 bits per heavy atom. The Kier molecular flexibility index (Phi) is 3.90. The van der Waals surface area contributed by atoms with Crippen LogP contribution < -0.4 is 4.74 Å². The second kappa shape index (κ2) is 5.49. The van der Waals surface area contributed by atoms with Crippen molar-refractivity contribution in [2.75, 3.05) is 6.26 Å². The number of aromatic nitrogens is 1. The van der Waals surface area contributed by atoms with Gasteiger partial charge in [-0.3, -0.25) is 10.1 Å². The van der Waals surface area contributed by atoms with Crippen molar-refractivity contribution in [1.29, 1.82) is 0 Å². The van der Waals surface area contributed by atoms with Crippen molar-refractivity contribution < 1.29 is 18.1 Å². The summed E-state index contributed by atoms with van der Waals surface area (Å²) in [5, 5.41) is 10.7. The topological polar surface area (TPSA) is 99.4 Å². The van der Waals surface area contributed by atoms with Gasteiger partial charge < -0.3 is 4.74 Å². The molecule has 0 aliphatic rings.